The topological polar surface area (TPSA) is 23.6 Å². The van der Waals surface area contributed by atoms with Gasteiger partial charge in [-0.2, -0.15) is 0 Å². The van der Waals surface area contributed by atoms with Crippen molar-refractivity contribution in [3.63, 3.8) is 0 Å². The zero-order valence-corrected chi connectivity index (χ0v) is 12.1. The number of likely N-dealkylation sites (tertiary alicyclic amines) is 1. The van der Waals surface area contributed by atoms with Gasteiger partial charge in [-0.1, -0.05) is 23.7 Å². The van der Waals surface area contributed by atoms with Gasteiger partial charge in [0.25, 0.3) is 0 Å². The summed E-state index contributed by atoms with van der Waals surface area (Å²) in [7, 11) is 1.85. The Hall–Kier alpha value is -1.06. The van der Waals surface area contributed by atoms with Crippen LogP contribution < -0.4 is 0 Å². The Morgan fingerprint density at radius 1 is 1.42 bits per heavy atom. The van der Waals surface area contributed by atoms with Crippen molar-refractivity contribution >= 4 is 18.0 Å². The molecule has 0 N–H and O–H groups in total. The second-order valence-corrected chi connectivity index (χ2v) is 5.83. The van der Waals surface area contributed by atoms with Crippen molar-refractivity contribution in [3.05, 3.63) is 34.9 Å². The Labute approximate surface area is 120 Å². The Kier molecular flexibility index (Phi) is 5.23. The molecule has 1 heterocycles. The van der Waals surface area contributed by atoms with Crippen LogP contribution in [0.5, 0.6) is 0 Å². The van der Waals surface area contributed by atoms with E-state index in [0.29, 0.717) is 5.92 Å². The van der Waals surface area contributed by atoms with Crippen LogP contribution in [0.15, 0.2) is 24.3 Å². The van der Waals surface area contributed by atoms with Crippen molar-refractivity contribution in [2.24, 2.45) is 5.92 Å². The number of amides is 1. The van der Waals surface area contributed by atoms with E-state index in [2.05, 4.69) is 11.0 Å². The van der Waals surface area contributed by atoms with Crippen molar-refractivity contribution < 1.29 is 4.79 Å². The number of nitrogens with zero attached hydrogens (tertiary/aromatic N) is 2. The summed E-state index contributed by atoms with van der Waals surface area (Å²) in [5.74, 6) is 0.644. The monoisotopic (exact) mass is 280 g/mol. The second kappa shape index (κ2) is 6.92. The number of benzene rings is 1. The van der Waals surface area contributed by atoms with Gasteiger partial charge in [0.05, 0.1) is 0 Å². The first-order valence-corrected chi connectivity index (χ1v) is 7.17. The molecule has 0 atom stereocenters. The van der Waals surface area contributed by atoms with Crippen LogP contribution in [0.1, 0.15) is 18.4 Å². The summed E-state index contributed by atoms with van der Waals surface area (Å²) in [6, 6.07) is 8.07. The van der Waals surface area contributed by atoms with Crippen molar-refractivity contribution in [2.75, 3.05) is 26.7 Å². The highest BCUT2D eigenvalue weighted by Gasteiger charge is 2.20. The Morgan fingerprint density at radius 3 is 2.79 bits per heavy atom. The third kappa shape index (κ3) is 4.51. The molecule has 0 unspecified atom stereocenters. The van der Waals surface area contributed by atoms with E-state index in [9.17, 15) is 4.79 Å². The molecule has 1 fully saturated rings. The molecule has 0 radical (unpaired) electrons. The molecule has 1 aromatic rings. The third-order valence-electron chi connectivity index (χ3n) is 3.73. The van der Waals surface area contributed by atoms with Gasteiger partial charge in [0.15, 0.2) is 0 Å². The smallest absolute Gasteiger partial charge is 0.209 e. The van der Waals surface area contributed by atoms with E-state index < -0.39 is 0 Å². The number of piperidine rings is 1. The van der Waals surface area contributed by atoms with Crippen molar-refractivity contribution in [3.8, 4) is 0 Å². The molecule has 3 nitrogen and oxygen atoms in total. The molecule has 0 aromatic heterocycles. The van der Waals surface area contributed by atoms with E-state index in [1.165, 1.54) is 18.4 Å². The highest BCUT2D eigenvalue weighted by Crippen LogP contribution is 2.20. The number of carbonyl (C=O) groups is 1. The van der Waals surface area contributed by atoms with Gasteiger partial charge in [-0.3, -0.25) is 9.69 Å². The van der Waals surface area contributed by atoms with E-state index in [0.717, 1.165) is 37.6 Å². The minimum Gasteiger partial charge on any atom is -0.348 e. The van der Waals surface area contributed by atoms with Gasteiger partial charge in [0.1, 0.15) is 0 Å². The van der Waals surface area contributed by atoms with Crippen molar-refractivity contribution in [1.82, 2.24) is 9.80 Å². The normalized spacial score (nSPS) is 17.4. The fourth-order valence-electron chi connectivity index (χ4n) is 2.67. The molecular weight excluding hydrogens is 260 g/mol. The van der Waals surface area contributed by atoms with Crippen LogP contribution in [0.4, 0.5) is 0 Å². The van der Waals surface area contributed by atoms with Gasteiger partial charge < -0.3 is 4.90 Å². The van der Waals surface area contributed by atoms with Crippen LogP contribution in [0.3, 0.4) is 0 Å². The van der Waals surface area contributed by atoms with Crippen molar-refractivity contribution in [2.45, 2.75) is 19.4 Å². The van der Waals surface area contributed by atoms with Crippen LogP contribution >= 0.6 is 11.6 Å². The summed E-state index contributed by atoms with van der Waals surface area (Å²) < 4.78 is 0. The van der Waals surface area contributed by atoms with Gasteiger partial charge in [-0.05, 0) is 49.5 Å². The predicted octanol–water partition coefficient (Wildman–Crippen LogP) is 2.64. The minimum absolute atomic E-state index is 0.644. The number of hydrogen-bond donors (Lipinski definition) is 0. The molecule has 1 saturated heterocycles. The van der Waals surface area contributed by atoms with Crippen LogP contribution in [-0.4, -0.2) is 42.9 Å². The molecule has 0 aliphatic carbocycles. The van der Waals surface area contributed by atoms with Crippen LogP contribution in [0.2, 0.25) is 5.02 Å². The lowest BCUT2D eigenvalue weighted by Gasteiger charge is -2.33. The molecule has 0 bridgehead atoms. The second-order valence-electron chi connectivity index (χ2n) is 5.39. The van der Waals surface area contributed by atoms with E-state index >= 15 is 0 Å². The molecule has 0 spiro atoms. The standard InChI is InChI=1S/C15H21ClN2O/c1-17(12-19)10-13-5-7-18(8-6-13)11-14-3-2-4-15(16)9-14/h2-4,9,12-13H,5-8,10-11H2,1H3. The summed E-state index contributed by atoms with van der Waals surface area (Å²) in [5.41, 5.74) is 1.27. The third-order valence-corrected chi connectivity index (χ3v) is 3.96. The minimum atomic E-state index is 0.644. The highest BCUT2D eigenvalue weighted by molar-refractivity contribution is 6.30. The van der Waals surface area contributed by atoms with Gasteiger partial charge in [-0.25, -0.2) is 0 Å². The predicted molar refractivity (Wildman–Crippen MR) is 78.1 cm³/mol. The Morgan fingerprint density at radius 2 is 2.16 bits per heavy atom. The average molecular weight is 281 g/mol. The maximum atomic E-state index is 10.6. The largest absolute Gasteiger partial charge is 0.348 e. The van der Waals surface area contributed by atoms with Crippen LogP contribution in [0.25, 0.3) is 0 Å². The fraction of sp³-hybridized carbons (Fsp3) is 0.533. The van der Waals surface area contributed by atoms with Crippen LogP contribution in [0, 0.1) is 5.92 Å². The van der Waals surface area contributed by atoms with Crippen LogP contribution in [-0.2, 0) is 11.3 Å². The van der Waals surface area contributed by atoms with E-state index in [4.69, 9.17) is 11.6 Å². The molecule has 1 aromatic carbocycles. The summed E-state index contributed by atoms with van der Waals surface area (Å²) in [6.45, 7) is 4.05. The van der Waals surface area contributed by atoms with Gasteiger partial charge in [0.2, 0.25) is 6.41 Å². The average Bonchev–Trinajstić information content (AvgIpc) is 2.41. The first-order chi connectivity index (χ1) is 9.17. The molecule has 19 heavy (non-hydrogen) atoms. The van der Waals surface area contributed by atoms with Crippen molar-refractivity contribution in [1.29, 1.82) is 0 Å². The molecule has 0 saturated carbocycles. The molecule has 1 amide bonds. The number of carbonyl (C=O) groups excluding carboxylic acids is 1. The lowest BCUT2D eigenvalue weighted by molar-refractivity contribution is -0.117. The number of halogens is 1. The SMILES string of the molecule is CN(C=O)CC1CCN(Cc2cccc(Cl)c2)CC1. The van der Waals surface area contributed by atoms with E-state index in [1.807, 2.05) is 25.2 Å². The zero-order valence-electron chi connectivity index (χ0n) is 11.4. The van der Waals surface area contributed by atoms with Gasteiger partial charge in [-0.15, -0.1) is 0 Å². The summed E-state index contributed by atoms with van der Waals surface area (Å²) in [6.07, 6.45) is 3.25. The molecule has 1 aliphatic rings. The lowest BCUT2D eigenvalue weighted by Crippen LogP contribution is -2.37. The Bertz CT molecular complexity index is 416. The maximum absolute atomic E-state index is 10.6. The van der Waals surface area contributed by atoms with Gasteiger partial charge >= 0.3 is 0 Å². The first kappa shape index (κ1) is 14.4. The summed E-state index contributed by atoms with van der Waals surface area (Å²) in [5, 5.41) is 0.806. The molecule has 104 valence electrons. The quantitative estimate of drug-likeness (QED) is 0.774. The zero-order chi connectivity index (χ0) is 13.7. The summed E-state index contributed by atoms with van der Waals surface area (Å²) in [4.78, 5) is 14.8. The first-order valence-electron chi connectivity index (χ1n) is 6.79. The van der Waals surface area contributed by atoms with E-state index in [1.54, 1.807) is 4.90 Å². The molecule has 4 heteroatoms. The summed E-state index contributed by atoms with van der Waals surface area (Å²) >= 11 is 6.00. The molecule has 1 aliphatic heterocycles. The molecule has 2 rings (SSSR count). The van der Waals surface area contributed by atoms with E-state index in [-0.39, 0.29) is 0 Å². The number of rotatable bonds is 5. The highest BCUT2D eigenvalue weighted by atomic mass is 35.5. The molecular formula is C15H21ClN2O. The lowest BCUT2D eigenvalue weighted by atomic mass is 9.96. The fourth-order valence-corrected chi connectivity index (χ4v) is 2.88. The number of hydrogen-bond acceptors (Lipinski definition) is 2. The maximum Gasteiger partial charge on any atom is 0.209 e. The Balaban J connectivity index is 1.79. The van der Waals surface area contributed by atoms with Gasteiger partial charge in [0, 0.05) is 25.2 Å².